The van der Waals surface area contributed by atoms with Crippen molar-refractivity contribution in [3.8, 4) is 5.75 Å². The number of nitrogens with two attached hydrogens (primary N) is 1. The van der Waals surface area contributed by atoms with Crippen LogP contribution in [0.3, 0.4) is 0 Å². The fourth-order valence-electron chi connectivity index (χ4n) is 3.19. The van der Waals surface area contributed by atoms with Gasteiger partial charge in [-0.3, -0.25) is 4.79 Å². The molecule has 122 valence electrons. The molecule has 1 aromatic rings. The number of hydrogen-bond acceptors (Lipinski definition) is 3. The summed E-state index contributed by atoms with van der Waals surface area (Å²) in [6.07, 6.45) is 5.94. The number of carbonyl (C=O) groups is 1. The van der Waals surface area contributed by atoms with Crippen molar-refractivity contribution in [1.29, 1.82) is 0 Å². The van der Waals surface area contributed by atoms with Gasteiger partial charge in [-0.1, -0.05) is 18.6 Å². The van der Waals surface area contributed by atoms with Crippen LogP contribution in [0.5, 0.6) is 5.75 Å². The Morgan fingerprint density at radius 1 is 1.32 bits per heavy atom. The van der Waals surface area contributed by atoms with E-state index in [0.717, 1.165) is 50.8 Å². The first-order chi connectivity index (χ1) is 10.6. The number of methoxy groups -OCH3 is 1. The second-order valence-electron chi connectivity index (χ2n) is 6.34. The third-order valence-corrected chi connectivity index (χ3v) is 4.56. The Morgan fingerprint density at radius 3 is 2.68 bits per heavy atom. The highest BCUT2D eigenvalue weighted by Crippen LogP contribution is 2.24. The Morgan fingerprint density at radius 2 is 2.05 bits per heavy atom. The standard InChI is InChI=1S/C18H28N2O2/c1-20(18(21)15-6-3-7-16(19)13-15)12-4-5-14-8-10-17(22-2)11-9-14/h8-11,15-16H,3-7,12-13,19H2,1-2H3. The SMILES string of the molecule is COc1ccc(CCCN(C)C(=O)C2CCCC(N)C2)cc1. The summed E-state index contributed by atoms with van der Waals surface area (Å²) >= 11 is 0. The summed E-state index contributed by atoms with van der Waals surface area (Å²) in [7, 11) is 3.59. The minimum Gasteiger partial charge on any atom is -0.497 e. The second-order valence-corrected chi connectivity index (χ2v) is 6.34. The van der Waals surface area contributed by atoms with Crippen LogP contribution in [0.1, 0.15) is 37.7 Å². The maximum Gasteiger partial charge on any atom is 0.225 e. The van der Waals surface area contributed by atoms with Gasteiger partial charge in [-0.15, -0.1) is 0 Å². The van der Waals surface area contributed by atoms with E-state index in [-0.39, 0.29) is 17.9 Å². The third kappa shape index (κ3) is 4.73. The van der Waals surface area contributed by atoms with Gasteiger partial charge in [0.15, 0.2) is 0 Å². The lowest BCUT2D eigenvalue weighted by atomic mass is 9.85. The summed E-state index contributed by atoms with van der Waals surface area (Å²) in [5, 5.41) is 0. The number of amides is 1. The lowest BCUT2D eigenvalue weighted by Crippen LogP contribution is -2.39. The van der Waals surface area contributed by atoms with E-state index in [0.29, 0.717) is 0 Å². The van der Waals surface area contributed by atoms with Crippen LogP contribution < -0.4 is 10.5 Å². The maximum absolute atomic E-state index is 12.4. The first-order valence-electron chi connectivity index (χ1n) is 8.23. The van der Waals surface area contributed by atoms with Crippen LogP contribution in [0.2, 0.25) is 0 Å². The molecular formula is C18H28N2O2. The molecule has 1 amide bonds. The van der Waals surface area contributed by atoms with Crippen molar-refractivity contribution in [2.75, 3.05) is 20.7 Å². The Kier molecular flexibility index (Phi) is 6.25. The molecule has 0 saturated heterocycles. The zero-order valence-electron chi connectivity index (χ0n) is 13.8. The summed E-state index contributed by atoms with van der Waals surface area (Å²) in [6.45, 7) is 0.802. The Balaban J connectivity index is 1.74. The third-order valence-electron chi connectivity index (χ3n) is 4.56. The lowest BCUT2D eigenvalue weighted by Gasteiger charge is -2.29. The van der Waals surface area contributed by atoms with E-state index in [9.17, 15) is 4.79 Å². The number of rotatable bonds is 6. The number of ether oxygens (including phenoxy) is 1. The zero-order valence-corrected chi connectivity index (χ0v) is 13.8. The molecule has 1 saturated carbocycles. The van der Waals surface area contributed by atoms with Gasteiger partial charge in [0.2, 0.25) is 5.91 Å². The molecule has 0 aromatic heterocycles. The van der Waals surface area contributed by atoms with Crippen molar-refractivity contribution in [1.82, 2.24) is 4.90 Å². The van der Waals surface area contributed by atoms with Gasteiger partial charge >= 0.3 is 0 Å². The Bertz CT molecular complexity index is 472. The highest BCUT2D eigenvalue weighted by molar-refractivity contribution is 5.78. The topological polar surface area (TPSA) is 55.6 Å². The molecule has 1 aromatic carbocycles. The number of nitrogens with zero attached hydrogens (tertiary/aromatic N) is 1. The van der Waals surface area contributed by atoms with Crippen molar-refractivity contribution in [3.63, 3.8) is 0 Å². The molecule has 2 N–H and O–H groups in total. The van der Waals surface area contributed by atoms with Crippen molar-refractivity contribution < 1.29 is 9.53 Å². The predicted octanol–water partition coefficient (Wildman–Crippen LogP) is 2.60. The van der Waals surface area contributed by atoms with Gasteiger partial charge in [0.1, 0.15) is 5.75 Å². The Labute approximate surface area is 133 Å². The van der Waals surface area contributed by atoms with Crippen molar-refractivity contribution in [2.45, 2.75) is 44.6 Å². The molecule has 22 heavy (non-hydrogen) atoms. The number of carbonyl (C=O) groups excluding carboxylic acids is 1. The summed E-state index contributed by atoms with van der Waals surface area (Å²) in [5.74, 6) is 1.28. The van der Waals surface area contributed by atoms with E-state index in [1.807, 2.05) is 24.1 Å². The van der Waals surface area contributed by atoms with Gasteiger partial charge in [-0.2, -0.15) is 0 Å². The van der Waals surface area contributed by atoms with Crippen LogP contribution in [-0.2, 0) is 11.2 Å². The zero-order chi connectivity index (χ0) is 15.9. The molecule has 4 nitrogen and oxygen atoms in total. The normalized spacial score (nSPS) is 21.4. The van der Waals surface area contributed by atoms with E-state index in [2.05, 4.69) is 12.1 Å². The van der Waals surface area contributed by atoms with Crippen molar-refractivity contribution in [2.24, 2.45) is 11.7 Å². The summed E-state index contributed by atoms with van der Waals surface area (Å²) in [6, 6.07) is 8.33. The average Bonchev–Trinajstić information content (AvgIpc) is 2.54. The predicted molar refractivity (Wildman–Crippen MR) is 88.9 cm³/mol. The molecule has 2 unspecified atom stereocenters. The first-order valence-corrected chi connectivity index (χ1v) is 8.23. The molecule has 0 spiro atoms. The molecule has 1 fully saturated rings. The van der Waals surface area contributed by atoms with Crippen LogP contribution in [0, 0.1) is 5.92 Å². The van der Waals surface area contributed by atoms with Gasteiger partial charge in [-0.25, -0.2) is 0 Å². The lowest BCUT2D eigenvalue weighted by molar-refractivity contribution is -0.135. The largest absolute Gasteiger partial charge is 0.497 e. The van der Waals surface area contributed by atoms with Gasteiger partial charge in [0.05, 0.1) is 7.11 Å². The van der Waals surface area contributed by atoms with Gasteiger partial charge in [0.25, 0.3) is 0 Å². The molecule has 0 aliphatic heterocycles. The molecule has 1 aliphatic rings. The first kappa shape index (κ1) is 16.8. The summed E-state index contributed by atoms with van der Waals surface area (Å²) in [4.78, 5) is 14.3. The minimum atomic E-state index is 0.134. The van der Waals surface area contributed by atoms with Crippen LogP contribution in [-0.4, -0.2) is 37.6 Å². The van der Waals surface area contributed by atoms with E-state index in [1.165, 1.54) is 5.56 Å². The van der Waals surface area contributed by atoms with E-state index < -0.39 is 0 Å². The number of hydrogen-bond donors (Lipinski definition) is 1. The molecule has 4 heteroatoms. The summed E-state index contributed by atoms with van der Waals surface area (Å²) in [5.41, 5.74) is 7.26. The van der Waals surface area contributed by atoms with Crippen molar-refractivity contribution >= 4 is 5.91 Å². The van der Waals surface area contributed by atoms with E-state index >= 15 is 0 Å². The molecule has 1 aliphatic carbocycles. The van der Waals surface area contributed by atoms with E-state index in [4.69, 9.17) is 10.5 Å². The number of aryl methyl sites for hydroxylation is 1. The van der Waals surface area contributed by atoms with Gasteiger partial charge < -0.3 is 15.4 Å². The van der Waals surface area contributed by atoms with Crippen LogP contribution >= 0.6 is 0 Å². The molecule has 2 rings (SSSR count). The summed E-state index contributed by atoms with van der Waals surface area (Å²) < 4.78 is 5.16. The van der Waals surface area contributed by atoms with Crippen LogP contribution in [0.15, 0.2) is 24.3 Å². The number of benzene rings is 1. The molecule has 2 atom stereocenters. The molecule has 0 bridgehead atoms. The fraction of sp³-hybridized carbons (Fsp3) is 0.611. The monoisotopic (exact) mass is 304 g/mol. The van der Waals surface area contributed by atoms with Crippen molar-refractivity contribution in [3.05, 3.63) is 29.8 Å². The second kappa shape index (κ2) is 8.18. The van der Waals surface area contributed by atoms with Crippen LogP contribution in [0.25, 0.3) is 0 Å². The maximum atomic E-state index is 12.4. The van der Waals surface area contributed by atoms with Crippen LogP contribution in [0.4, 0.5) is 0 Å². The molecular weight excluding hydrogens is 276 g/mol. The fourth-order valence-corrected chi connectivity index (χ4v) is 3.19. The smallest absolute Gasteiger partial charge is 0.225 e. The van der Waals surface area contributed by atoms with Gasteiger partial charge in [0, 0.05) is 25.6 Å². The molecule has 0 radical (unpaired) electrons. The van der Waals surface area contributed by atoms with E-state index in [1.54, 1.807) is 7.11 Å². The highest BCUT2D eigenvalue weighted by Gasteiger charge is 2.27. The highest BCUT2D eigenvalue weighted by atomic mass is 16.5. The molecule has 0 heterocycles. The van der Waals surface area contributed by atoms with Gasteiger partial charge in [-0.05, 0) is 49.8 Å². The quantitative estimate of drug-likeness (QED) is 0.879. The Hall–Kier alpha value is -1.55. The minimum absolute atomic E-state index is 0.134. The average molecular weight is 304 g/mol.